The number of piperidine rings is 1. The monoisotopic (exact) mass is 501 g/mol. The molecule has 4 rings (SSSR count). The number of methoxy groups -OCH3 is 1. The molecular formula is C26H35N3O5S. The molecule has 0 radical (unpaired) electrons. The van der Waals surface area contributed by atoms with Gasteiger partial charge in [-0.25, -0.2) is 8.42 Å². The third-order valence-corrected chi connectivity index (χ3v) is 8.73. The lowest BCUT2D eigenvalue weighted by atomic mass is 10.0. The molecule has 2 fully saturated rings. The first-order valence-corrected chi connectivity index (χ1v) is 13.6. The summed E-state index contributed by atoms with van der Waals surface area (Å²) in [5.74, 6) is 0.523. The number of ether oxygens (including phenoxy) is 2. The highest BCUT2D eigenvalue weighted by Crippen LogP contribution is 2.25. The second-order valence-electron chi connectivity index (χ2n) is 9.19. The van der Waals surface area contributed by atoms with Crippen LogP contribution >= 0.6 is 0 Å². The van der Waals surface area contributed by atoms with Gasteiger partial charge in [-0.15, -0.1) is 0 Å². The van der Waals surface area contributed by atoms with Crippen LogP contribution in [0.4, 0.5) is 5.69 Å². The SMILES string of the molecule is COCc1ccc(S(=O)(=O)N(C)c2ccc(OCC(=O)N3CCC(N4CCCC4)CC3)cc2)cc1. The molecule has 2 aromatic carbocycles. The van der Waals surface area contributed by atoms with Crippen LogP contribution in [0.2, 0.25) is 0 Å². The van der Waals surface area contributed by atoms with Crippen molar-refractivity contribution >= 4 is 21.6 Å². The Balaban J connectivity index is 1.28. The minimum Gasteiger partial charge on any atom is -0.484 e. The number of hydrogen-bond donors (Lipinski definition) is 0. The van der Waals surface area contributed by atoms with E-state index in [1.807, 2.05) is 4.90 Å². The van der Waals surface area contributed by atoms with Gasteiger partial charge in [-0.2, -0.15) is 0 Å². The van der Waals surface area contributed by atoms with E-state index < -0.39 is 10.0 Å². The van der Waals surface area contributed by atoms with Crippen molar-refractivity contribution in [1.29, 1.82) is 0 Å². The molecule has 2 heterocycles. The number of benzene rings is 2. The van der Waals surface area contributed by atoms with Crippen molar-refractivity contribution < 1.29 is 22.7 Å². The zero-order valence-electron chi connectivity index (χ0n) is 20.6. The van der Waals surface area contributed by atoms with E-state index in [1.54, 1.807) is 55.6 Å². The topological polar surface area (TPSA) is 79.4 Å². The molecule has 0 aliphatic carbocycles. The first-order chi connectivity index (χ1) is 16.9. The van der Waals surface area contributed by atoms with Crippen LogP contribution in [0.5, 0.6) is 5.75 Å². The summed E-state index contributed by atoms with van der Waals surface area (Å²) in [6, 6.07) is 14.0. The second-order valence-corrected chi connectivity index (χ2v) is 11.2. The van der Waals surface area contributed by atoms with Gasteiger partial charge in [-0.05, 0) is 80.7 Å². The van der Waals surface area contributed by atoms with E-state index >= 15 is 0 Å². The highest BCUT2D eigenvalue weighted by atomic mass is 32.2. The number of nitrogens with zero attached hydrogens (tertiary/aromatic N) is 3. The molecule has 2 aliphatic rings. The lowest BCUT2D eigenvalue weighted by molar-refractivity contribution is -0.134. The molecule has 0 aromatic heterocycles. The maximum atomic E-state index is 13.0. The van der Waals surface area contributed by atoms with Gasteiger partial charge < -0.3 is 19.3 Å². The molecule has 35 heavy (non-hydrogen) atoms. The fourth-order valence-corrected chi connectivity index (χ4v) is 5.99. The molecule has 0 N–H and O–H groups in total. The summed E-state index contributed by atoms with van der Waals surface area (Å²) in [5.41, 5.74) is 1.41. The van der Waals surface area contributed by atoms with Gasteiger partial charge in [0.05, 0.1) is 17.2 Å². The zero-order chi connectivity index (χ0) is 24.8. The normalized spacial score (nSPS) is 17.5. The Morgan fingerprint density at radius 2 is 1.60 bits per heavy atom. The summed E-state index contributed by atoms with van der Waals surface area (Å²) in [4.78, 5) is 17.3. The Hall–Kier alpha value is -2.62. The van der Waals surface area contributed by atoms with Crippen LogP contribution < -0.4 is 9.04 Å². The molecule has 2 aliphatic heterocycles. The van der Waals surface area contributed by atoms with E-state index in [-0.39, 0.29) is 17.4 Å². The summed E-state index contributed by atoms with van der Waals surface area (Å²) >= 11 is 0. The summed E-state index contributed by atoms with van der Waals surface area (Å²) in [6.45, 7) is 4.34. The van der Waals surface area contributed by atoms with Crippen LogP contribution in [0.1, 0.15) is 31.2 Å². The highest BCUT2D eigenvalue weighted by molar-refractivity contribution is 7.92. The predicted octanol–water partition coefficient (Wildman–Crippen LogP) is 3.12. The minimum absolute atomic E-state index is 0.00874. The third kappa shape index (κ3) is 6.15. The number of rotatable bonds is 9. The smallest absolute Gasteiger partial charge is 0.264 e. The van der Waals surface area contributed by atoms with Crippen LogP contribution in [-0.2, 0) is 26.2 Å². The van der Waals surface area contributed by atoms with Crippen molar-refractivity contribution in [2.75, 3.05) is 51.2 Å². The Kier molecular flexibility index (Phi) is 8.30. The van der Waals surface area contributed by atoms with Gasteiger partial charge in [-0.1, -0.05) is 12.1 Å². The molecule has 1 amide bonds. The molecule has 8 nitrogen and oxygen atoms in total. The predicted molar refractivity (Wildman–Crippen MR) is 135 cm³/mol. The molecule has 190 valence electrons. The van der Waals surface area contributed by atoms with Crippen molar-refractivity contribution in [1.82, 2.24) is 9.80 Å². The quantitative estimate of drug-likeness (QED) is 0.525. The van der Waals surface area contributed by atoms with E-state index in [9.17, 15) is 13.2 Å². The third-order valence-electron chi connectivity index (χ3n) is 6.93. The molecule has 9 heteroatoms. The molecule has 0 unspecified atom stereocenters. The lowest BCUT2D eigenvalue weighted by Gasteiger charge is -2.36. The van der Waals surface area contributed by atoms with Crippen molar-refractivity contribution in [2.24, 2.45) is 0 Å². The van der Waals surface area contributed by atoms with E-state index in [1.165, 1.54) is 37.3 Å². The van der Waals surface area contributed by atoms with Crippen molar-refractivity contribution in [3.8, 4) is 5.75 Å². The van der Waals surface area contributed by atoms with Crippen LogP contribution in [0.3, 0.4) is 0 Å². The fourth-order valence-electron chi connectivity index (χ4n) is 4.80. The number of anilines is 1. The van der Waals surface area contributed by atoms with E-state index in [2.05, 4.69) is 4.90 Å². The van der Waals surface area contributed by atoms with Gasteiger partial charge in [0.1, 0.15) is 5.75 Å². The highest BCUT2D eigenvalue weighted by Gasteiger charge is 2.28. The number of hydrogen-bond acceptors (Lipinski definition) is 6. The van der Waals surface area contributed by atoms with Crippen molar-refractivity contribution in [2.45, 2.75) is 43.2 Å². The number of carbonyl (C=O) groups is 1. The first kappa shape index (κ1) is 25.5. The van der Waals surface area contributed by atoms with Gasteiger partial charge in [0.25, 0.3) is 15.9 Å². The van der Waals surface area contributed by atoms with Gasteiger partial charge in [0.2, 0.25) is 0 Å². The summed E-state index contributed by atoms with van der Waals surface area (Å²) in [7, 11) is -0.586. The minimum atomic E-state index is -3.70. The molecule has 0 atom stereocenters. The first-order valence-electron chi connectivity index (χ1n) is 12.2. The lowest BCUT2D eigenvalue weighted by Crippen LogP contribution is -2.47. The van der Waals surface area contributed by atoms with Crippen LogP contribution in [0.25, 0.3) is 0 Å². The van der Waals surface area contributed by atoms with Crippen molar-refractivity contribution in [3.05, 3.63) is 54.1 Å². The number of sulfonamides is 1. The van der Waals surface area contributed by atoms with Gasteiger partial charge in [-0.3, -0.25) is 9.10 Å². The number of carbonyl (C=O) groups excluding carboxylic acids is 1. The number of amides is 1. The van der Waals surface area contributed by atoms with Gasteiger partial charge in [0, 0.05) is 33.3 Å². The molecule has 2 saturated heterocycles. The average Bonchev–Trinajstić information content (AvgIpc) is 3.43. The average molecular weight is 502 g/mol. The van der Waals surface area contributed by atoms with Crippen LogP contribution in [0.15, 0.2) is 53.4 Å². The van der Waals surface area contributed by atoms with Crippen LogP contribution in [0, 0.1) is 0 Å². The zero-order valence-corrected chi connectivity index (χ0v) is 21.4. The maximum absolute atomic E-state index is 13.0. The summed E-state index contributed by atoms with van der Waals surface area (Å²) < 4.78 is 38.0. The Bertz CT molecular complexity index is 1070. The van der Waals surface area contributed by atoms with E-state index in [0.717, 1.165) is 31.5 Å². The molecular weight excluding hydrogens is 466 g/mol. The van der Waals surface area contributed by atoms with Crippen molar-refractivity contribution in [3.63, 3.8) is 0 Å². The standard InChI is InChI=1S/C26H35N3O5S/c1-27(35(31,32)25-11-5-21(6-12-25)19-33-2)22-7-9-24(10-8-22)34-20-26(30)29-17-13-23(14-18-29)28-15-3-4-16-28/h5-12,23H,3-4,13-20H2,1-2H3. The largest absolute Gasteiger partial charge is 0.484 e. The molecule has 0 bridgehead atoms. The molecule has 0 spiro atoms. The molecule has 0 saturated carbocycles. The maximum Gasteiger partial charge on any atom is 0.264 e. The fraction of sp³-hybridized carbons (Fsp3) is 0.500. The van der Waals surface area contributed by atoms with Gasteiger partial charge in [0.15, 0.2) is 6.61 Å². The summed E-state index contributed by atoms with van der Waals surface area (Å²) in [5, 5.41) is 0. The second kappa shape index (κ2) is 11.4. The number of likely N-dealkylation sites (tertiary alicyclic amines) is 2. The Morgan fingerprint density at radius 1 is 0.971 bits per heavy atom. The molecule has 2 aromatic rings. The van der Waals surface area contributed by atoms with Crippen LogP contribution in [-0.4, -0.2) is 77.1 Å². The van der Waals surface area contributed by atoms with E-state index in [0.29, 0.717) is 24.1 Å². The van der Waals surface area contributed by atoms with Gasteiger partial charge >= 0.3 is 0 Å². The summed E-state index contributed by atoms with van der Waals surface area (Å²) in [6.07, 6.45) is 4.62. The Labute approximate surface area is 208 Å². The Morgan fingerprint density at radius 3 is 2.20 bits per heavy atom. The van der Waals surface area contributed by atoms with E-state index in [4.69, 9.17) is 9.47 Å².